The molecule has 174 valence electrons. The number of amides is 2. The van der Waals surface area contributed by atoms with Crippen molar-refractivity contribution in [1.82, 2.24) is 4.98 Å². The van der Waals surface area contributed by atoms with Crippen LogP contribution in [0, 0.1) is 6.92 Å². The van der Waals surface area contributed by atoms with Crippen molar-refractivity contribution in [2.24, 2.45) is 0 Å². The summed E-state index contributed by atoms with van der Waals surface area (Å²) in [6.07, 6.45) is 4.54. The number of carbonyl (C=O) groups is 2. The Bertz CT molecular complexity index is 1380. The van der Waals surface area contributed by atoms with Gasteiger partial charge in [0.1, 0.15) is 5.82 Å². The Morgan fingerprint density at radius 1 is 0.829 bits per heavy atom. The minimum Gasteiger partial charge on any atom is -0.308 e. The summed E-state index contributed by atoms with van der Waals surface area (Å²) in [5, 5.41) is 2.88. The van der Waals surface area contributed by atoms with E-state index in [1.165, 1.54) is 5.56 Å². The van der Waals surface area contributed by atoms with Crippen LogP contribution >= 0.6 is 0 Å². The third-order valence-corrected chi connectivity index (χ3v) is 6.46. The molecule has 0 saturated carbocycles. The van der Waals surface area contributed by atoms with E-state index < -0.39 is 0 Å². The van der Waals surface area contributed by atoms with E-state index in [1.54, 1.807) is 18.3 Å². The van der Waals surface area contributed by atoms with Crippen LogP contribution in [-0.4, -0.2) is 23.3 Å². The van der Waals surface area contributed by atoms with Gasteiger partial charge in [-0.05, 0) is 72.7 Å². The number of hydrogen-bond acceptors (Lipinski definition) is 3. The molecular weight excluding hydrogens is 434 g/mol. The van der Waals surface area contributed by atoms with E-state index in [2.05, 4.69) is 16.4 Å². The molecule has 35 heavy (non-hydrogen) atoms. The average Bonchev–Trinajstić information content (AvgIpc) is 3.12. The number of anilines is 2. The summed E-state index contributed by atoms with van der Waals surface area (Å²) in [4.78, 5) is 32.7. The van der Waals surface area contributed by atoms with Gasteiger partial charge >= 0.3 is 0 Å². The standard InChI is InChI=1S/C30H27N3O2/c1-21-10-2-4-13-24(21)25-14-5-6-15-26(25)29(34)32-28-18-17-23(20-31-28)30(35)33-19-9-8-12-22-11-3-7-16-27(22)33/h2-7,10-11,13-18,20H,8-9,12,19H2,1H3,(H,31,32,34). The third-order valence-electron chi connectivity index (χ3n) is 6.46. The molecule has 1 aliphatic heterocycles. The quantitative estimate of drug-likeness (QED) is 0.388. The van der Waals surface area contributed by atoms with E-state index in [0.29, 0.717) is 23.5 Å². The average molecular weight is 462 g/mol. The summed E-state index contributed by atoms with van der Waals surface area (Å²) in [7, 11) is 0. The highest BCUT2D eigenvalue weighted by Gasteiger charge is 2.22. The van der Waals surface area contributed by atoms with Gasteiger partial charge in [-0.15, -0.1) is 0 Å². The molecule has 3 aromatic carbocycles. The molecule has 4 aromatic rings. The summed E-state index contributed by atoms with van der Waals surface area (Å²) in [5.74, 6) is 0.0916. The van der Waals surface area contributed by atoms with E-state index in [0.717, 1.165) is 41.6 Å². The van der Waals surface area contributed by atoms with Gasteiger partial charge in [-0.2, -0.15) is 0 Å². The molecule has 0 radical (unpaired) electrons. The summed E-state index contributed by atoms with van der Waals surface area (Å²) in [5.41, 5.74) is 6.23. The molecule has 5 heteroatoms. The summed E-state index contributed by atoms with van der Waals surface area (Å²) < 4.78 is 0. The molecule has 1 aromatic heterocycles. The number of para-hydroxylation sites is 1. The molecular formula is C30H27N3O2. The fourth-order valence-corrected chi connectivity index (χ4v) is 4.63. The normalized spacial score (nSPS) is 13.0. The number of aryl methyl sites for hydroxylation is 2. The van der Waals surface area contributed by atoms with Gasteiger partial charge in [0.25, 0.3) is 11.8 Å². The highest BCUT2D eigenvalue weighted by atomic mass is 16.2. The number of fused-ring (bicyclic) bond motifs is 1. The highest BCUT2D eigenvalue weighted by molar-refractivity contribution is 6.09. The Morgan fingerprint density at radius 2 is 1.57 bits per heavy atom. The zero-order chi connectivity index (χ0) is 24.2. The van der Waals surface area contributed by atoms with Gasteiger partial charge in [0.15, 0.2) is 0 Å². The molecule has 0 atom stereocenters. The van der Waals surface area contributed by atoms with Crippen LogP contribution < -0.4 is 10.2 Å². The largest absolute Gasteiger partial charge is 0.308 e. The molecule has 1 N–H and O–H groups in total. The number of rotatable bonds is 4. The predicted molar refractivity (Wildman–Crippen MR) is 140 cm³/mol. The number of nitrogens with one attached hydrogen (secondary N) is 1. The van der Waals surface area contributed by atoms with Crippen LogP contribution in [0.5, 0.6) is 0 Å². The summed E-state index contributed by atoms with van der Waals surface area (Å²) in [6.45, 7) is 2.72. The first-order valence-corrected chi connectivity index (χ1v) is 11.9. The zero-order valence-corrected chi connectivity index (χ0v) is 19.7. The smallest absolute Gasteiger partial charge is 0.259 e. The van der Waals surface area contributed by atoms with Crippen molar-refractivity contribution in [3.63, 3.8) is 0 Å². The van der Waals surface area contributed by atoms with E-state index >= 15 is 0 Å². The minimum absolute atomic E-state index is 0.0744. The maximum atomic E-state index is 13.3. The minimum atomic E-state index is -0.239. The fraction of sp³-hybridized carbons (Fsp3) is 0.167. The second-order valence-electron chi connectivity index (χ2n) is 8.79. The lowest BCUT2D eigenvalue weighted by molar-refractivity contribution is 0.0985. The van der Waals surface area contributed by atoms with Gasteiger partial charge in [-0.25, -0.2) is 4.98 Å². The van der Waals surface area contributed by atoms with Crippen molar-refractivity contribution >= 4 is 23.3 Å². The van der Waals surface area contributed by atoms with Crippen LogP contribution in [0.1, 0.15) is 44.7 Å². The lowest BCUT2D eigenvalue weighted by atomic mass is 9.96. The van der Waals surface area contributed by atoms with Gasteiger partial charge in [-0.1, -0.05) is 60.7 Å². The van der Waals surface area contributed by atoms with Gasteiger partial charge in [0.05, 0.1) is 5.56 Å². The second-order valence-corrected chi connectivity index (χ2v) is 8.79. The molecule has 0 spiro atoms. The number of nitrogens with zero attached hydrogens (tertiary/aromatic N) is 2. The number of pyridine rings is 1. The zero-order valence-electron chi connectivity index (χ0n) is 19.7. The van der Waals surface area contributed by atoms with Crippen LogP contribution in [0.3, 0.4) is 0 Å². The van der Waals surface area contributed by atoms with Crippen molar-refractivity contribution in [2.75, 3.05) is 16.8 Å². The molecule has 2 heterocycles. The molecule has 0 saturated heterocycles. The first-order chi connectivity index (χ1) is 17.1. The fourth-order valence-electron chi connectivity index (χ4n) is 4.63. The molecule has 0 aliphatic carbocycles. The Balaban J connectivity index is 1.35. The molecule has 5 rings (SSSR count). The molecule has 0 bridgehead atoms. The van der Waals surface area contributed by atoms with Crippen LogP contribution in [0.25, 0.3) is 11.1 Å². The van der Waals surface area contributed by atoms with Gasteiger partial charge < -0.3 is 10.2 Å². The van der Waals surface area contributed by atoms with Crippen molar-refractivity contribution < 1.29 is 9.59 Å². The maximum Gasteiger partial charge on any atom is 0.259 e. The number of hydrogen-bond donors (Lipinski definition) is 1. The first kappa shape index (κ1) is 22.5. The number of carbonyl (C=O) groups excluding carboxylic acids is 2. The number of aromatic nitrogens is 1. The van der Waals surface area contributed by atoms with Gasteiger partial charge in [0.2, 0.25) is 0 Å². The Hall–Kier alpha value is -4.25. The molecule has 1 aliphatic rings. The third kappa shape index (κ3) is 4.71. The Morgan fingerprint density at radius 3 is 2.37 bits per heavy atom. The van der Waals surface area contributed by atoms with Crippen LogP contribution in [-0.2, 0) is 6.42 Å². The summed E-state index contributed by atoms with van der Waals surface area (Å²) in [6, 6.07) is 27.0. The van der Waals surface area contributed by atoms with E-state index in [1.807, 2.05) is 78.6 Å². The van der Waals surface area contributed by atoms with Crippen molar-refractivity contribution in [2.45, 2.75) is 26.2 Å². The van der Waals surface area contributed by atoms with Gasteiger partial charge in [0, 0.05) is 24.0 Å². The van der Waals surface area contributed by atoms with E-state index in [9.17, 15) is 9.59 Å². The molecule has 5 nitrogen and oxygen atoms in total. The van der Waals surface area contributed by atoms with Crippen molar-refractivity contribution in [3.8, 4) is 11.1 Å². The molecule has 0 unspecified atom stereocenters. The SMILES string of the molecule is Cc1ccccc1-c1ccccc1C(=O)Nc1ccc(C(=O)N2CCCCc3ccccc32)cn1. The monoisotopic (exact) mass is 461 g/mol. The molecule has 0 fully saturated rings. The van der Waals surface area contributed by atoms with E-state index in [4.69, 9.17) is 0 Å². The van der Waals surface area contributed by atoms with Crippen LogP contribution in [0.2, 0.25) is 0 Å². The highest BCUT2D eigenvalue weighted by Crippen LogP contribution is 2.29. The van der Waals surface area contributed by atoms with Crippen LogP contribution in [0.4, 0.5) is 11.5 Å². The lowest BCUT2D eigenvalue weighted by Crippen LogP contribution is -2.31. The summed E-state index contributed by atoms with van der Waals surface area (Å²) >= 11 is 0. The second kappa shape index (κ2) is 9.94. The first-order valence-electron chi connectivity index (χ1n) is 11.9. The topological polar surface area (TPSA) is 62.3 Å². The number of benzene rings is 3. The Labute approximate surface area is 205 Å². The maximum absolute atomic E-state index is 13.3. The van der Waals surface area contributed by atoms with Crippen molar-refractivity contribution in [1.29, 1.82) is 0 Å². The van der Waals surface area contributed by atoms with Gasteiger partial charge in [-0.3, -0.25) is 9.59 Å². The lowest BCUT2D eigenvalue weighted by Gasteiger charge is -2.23. The van der Waals surface area contributed by atoms with Crippen molar-refractivity contribution in [3.05, 3.63) is 113 Å². The Kier molecular flexibility index (Phi) is 6.40. The molecule has 2 amide bonds. The van der Waals surface area contributed by atoms with Crippen LogP contribution in [0.15, 0.2) is 91.1 Å². The van der Waals surface area contributed by atoms with E-state index in [-0.39, 0.29) is 11.8 Å². The predicted octanol–water partition coefficient (Wildman–Crippen LogP) is 6.29.